The molecular weight excluding hydrogens is 735 g/mol. The van der Waals surface area contributed by atoms with Crippen LogP contribution in [-0.4, -0.2) is 59.1 Å². The van der Waals surface area contributed by atoms with Crippen LogP contribution in [0.3, 0.4) is 0 Å². The molecule has 0 radical (unpaired) electrons. The van der Waals surface area contributed by atoms with Crippen LogP contribution in [-0.2, 0) is 40.4 Å². The smallest absolute Gasteiger partial charge is 0.310 e. The van der Waals surface area contributed by atoms with E-state index in [9.17, 15) is 13.2 Å². The number of rotatable bonds is 12. The molecule has 1 aliphatic heterocycles. The molecule has 11 atom stereocenters. The third-order valence-electron chi connectivity index (χ3n) is 16.7. The van der Waals surface area contributed by atoms with Gasteiger partial charge in [-0.25, -0.2) is 13.1 Å². The molecule has 9 heteroatoms. The molecule has 57 heavy (non-hydrogen) atoms. The number of methoxy groups -OCH3 is 1. The molecule has 7 rings (SSSR count). The van der Waals surface area contributed by atoms with Gasteiger partial charge in [-0.3, -0.25) is 4.79 Å². The van der Waals surface area contributed by atoms with Crippen LogP contribution >= 0.6 is 0 Å². The van der Waals surface area contributed by atoms with E-state index in [1.165, 1.54) is 5.57 Å². The summed E-state index contributed by atoms with van der Waals surface area (Å²) in [6.07, 6.45) is 7.81. The number of nitrogens with one attached hydrogen (secondary N) is 1. The van der Waals surface area contributed by atoms with Crippen molar-refractivity contribution in [3.63, 3.8) is 0 Å². The number of esters is 1. The summed E-state index contributed by atoms with van der Waals surface area (Å²) in [5, 5.41) is 0. The van der Waals surface area contributed by atoms with E-state index in [-0.39, 0.29) is 69.3 Å². The van der Waals surface area contributed by atoms with Crippen LogP contribution in [0.15, 0.2) is 77.2 Å². The van der Waals surface area contributed by atoms with Crippen LogP contribution in [0.4, 0.5) is 0 Å². The van der Waals surface area contributed by atoms with E-state index in [1.807, 2.05) is 50.2 Å². The van der Waals surface area contributed by atoms with Gasteiger partial charge in [-0.1, -0.05) is 109 Å². The van der Waals surface area contributed by atoms with Crippen molar-refractivity contribution in [2.75, 3.05) is 26.9 Å². The maximum Gasteiger partial charge on any atom is 0.310 e. The maximum absolute atomic E-state index is 14.8. The first-order chi connectivity index (χ1) is 26.8. The second kappa shape index (κ2) is 15.2. The normalized spacial score (nSPS) is 38.3. The molecule has 0 amide bonds. The average molecular weight is 804 g/mol. The number of sulfonamides is 1. The van der Waals surface area contributed by atoms with E-state index in [2.05, 4.69) is 59.3 Å². The number of carbonyl (C=O) groups excluding carboxylic acids is 1. The number of carbonyl (C=O) groups is 1. The highest BCUT2D eigenvalue weighted by Gasteiger charge is 2.72. The van der Waals surface area contributed by atoms with Gasteiger partial charge in [0.1, 0.15) is 6.61 Å². The molecule has 5 aliphatic rings. The minimum atomic E-state index is -3.74. The average Bonchev–Trinajstić information content (AvgIpc) is 3.16. The highest BCUT2D eigenvalue weighted by atomic mass is 32.2. The molecule has 1 N–H and O–H groups in total. The Kier molecular flexibility index (Phi) is 11.3. The highest BCUT2D eigenvalue weighted by Crippen LogP contribution is 2.75. The topological polar surface area (TPSA) is 100 Å². The number of ether oxygens (including phenoxy) is 4. The Bertz CT molecular complexity index is 1920. The van der Waals surface area contributed by atoms with Crippen molar-refractivity contribution in [3.05, 3.63) is 77.9 Å². The first kappa shape index (κ1) is 42.6. The van der Waals surface area contributed by atoms with Gasteiger partial charge < -0.3 is 18.9 Å². The predicted octanol–water partition coefficient (Wildman–Crippen LogP) is 9.39. The molecule has 3 saturated carbocycles. The van der Waals surface area contributed by atoms with Crippen molar-refractivity contribution in [2.45, 2.75) is 130 Å². The Hall–Kier alpha value is -2.56. The minimum absolute atomic E-state index is 0.0503. The molecule has 1 heterocycles. The fraction of sp³-hybridized carbons (Fsp3) is 0.688. The van der Waals surface area contributed by atoms with Crippen molar-refractivity contribution in [1.82, 2.24) is 4.72 Å². The number of hydrogen-bond acceptors (Lipinski definition) is 7. The summed E-state index contributed by atoms with van der Waals surface area (Å²) in [6.45, 7) is 22.0. The molecule has 2 aromatic rings. The largest absolute Gasteiger partial charge is 0.461 e. The predicted molar refractivity (Wildman–Crippen MR) is 224 cm³/mol. The molecule has 0 unspecified atom stereocenters. The Morgan fingerprint density at radius 2 is 1.60 bits per heavy atom. The summed E-state index contributed by atoms with van der Waals surface area (Å²) in [7, 11) is -1.95. The van der Waals surface area contributed by atoms with Gasteiger partial charge in [0.2, 0.25) is 10.0 Å². The molecule has 314 valence electrons. The van der Waals surface area contributed by atoms with E-state index in [4.69, 9.17) is 18.9 Å². The third-order valence-corrected chi connectivity index (χ3v) is 18.4. The van der Waals surface area contributed by atoms with Crippen LogP contribution in [0.25, 0.3) is 0 Å². The van der Waals surface area contributed by atoms with E-state index >= 15 is 0 Å². The summed E-state index contributed by atoms with van der Waals surface area (Å²) >= 11 is 0. The Labute approximate surface area is 343 Å². The molecular formula is C48H69NO7S. The summed E-state index contributed by atoms with van der Waals surface area (Å²) in [5.41, 5.74) is 0.487. The summed E-state index contributed by atoms with van der Waals surface area (Å²) in [4.78, 5) is 15.0. The van der Waals surface area contributed by atoms with Crippen molar-refractivity contribution >= 4 is 16.0 Å². The van der Waals surface area contributed by atoms with Crippen molar-refractivity contribution in [2.24, 2.45) is 56.7 Å². The fourth-order valence-electron chi connectivity index (χ4n) is 13.2. The monoisotopic (exact) mass is 803 g/mol. The van der Waals surface area contributed by atoms with Crippen molar-refractivity contribution < 1.29 is 32.2 Å². The summed E-state index contributed by atoms with van der Waals surface area (Å²) in [5.74, 6) is 1.11. The molecule has 8 nitrogen and oxygen atoms in total. The second-order valence-corrected chi connectivity index (χ2v) is 22.3. The van der Waals surface area contributed by atoms with E-state index < -0.39 is 15.6 Å². The van der Waals surface area contributed by atoms with Crippen LogP contribution in [0.5, 0.6) is 0 Å². The zero-order valence-electron chi connectivity index (χ0n) is 36.2. The van der Waals surface area contributed by atoms with Crippen LogP contribution in [0, 0.1) is 56.7 Å². The summed E-state index contributed by atoms with van der Waals surface area (Å²) < 4.78 is 55.9. The van der Waals surface area contributed by atoms with E-state index in [1.54, 1.807) is 31.4 Å². The number of hydrogen-bond donors (Lipinski definition) is 1. The Balaban J connectivity index is 1.19. The zero-order valence-corrected chi connectivity index (χ0v) is 37.0. The van der Waals surface area contributed by atoms with Crippen molar-refractivity contribution in [3.8, 4) is 0 Å². The quantitative estimate of drug-likeness (QED) is 0.169. The van der Waals surface area contributed by atoms with Gasteiger partial charge in [-0.2, -0.15) is 0 Å². The molecule has 2 aromatic carbocycles. The van der Waals surface area contributed by atoms with Crippen LogP contribution < -0.4 is 4.72 Å². The molecule has 4 fully saturated rings. The molecule has 4 aliphatic carbocycles. The maximum atomic E-state index is 14.8. The van der Waals surface area contributed by atoms with Gasteiger partial charge in [0.05, 0.1) is 48.4 Å². The number of benzene rings is 2. The lowest BCUT2D eigenvalue weighted by molar-refractivity contribution is -0.269. The zero-order chi connectivity index (χ0) is 41.2. The SMILES string of the molecule is CO[C@@H]1C[C@@]23COC[C@](C)([C@@H]2CC[C@H]2C3=CC[C@@]3(C)[C@H](C(=O)OCc4ccccc4)[C@@](C)([C@H](C)C(C)C)CC[C@]23C)[C@H]1OCC(C)(C)NS(=O)(=O)c1ccccc1. The lowest BCUT2D eigenvalue weighted by Gasteiger charge is -2.71. The van der Waals surface area contributed by atoms with Gasteiger partial charge in [0.15, 0.2) is 0 Å². The van der Waals surface area contributed by atoms with Gasteiger partial charge in [0, 0.05) is 17.9 Å². The Morgan fingerprint density at radius 1 is 0.930 bits per heavy atom. The van der Waals surface area contributed by atoms with Crippen LogP contribution in [0.2, 0.25) is 0 Å². The fourth-order valence-corrected chi connectivity index (χ4v) is 14.6. The lowest BCUT2D eigenvalue weighted by atomic mass is 9.34. The van der Waals surface area contributed by atoms with E-state index in [0.717, 1.165) is 44.1 Å². The third kappa shape index (κ3) is 6.97. The lowest BCUT2D eigenvalue weighted by Crippen LogP contribution is -2.70. The molecule has 1 saturated heterocycles. The van der Waals surface area contributed by atoms with E-state index in [0.29, 0.717) is 36.9 Å². The first-order valence-electron chi connectivity index (χ1n) is 21.5. The summed E-state index contributed by atoms with van der Waals surface area (Å²) in [6, 6.07) is 18.6. The van der Waals surface area contributed by atoms with Gasteiger partial charge in [0.25, 0.3) is 0 Å². The Morgan fingerprint density at radius 3 is 2.25 bits per heavy atom. The van der Waals surface area contributed by atoms with Gasteiger partial charge in [-0.05, 0) is 110 Å². The highest BCUT2D eigenvalue weighted by molar-refractivity contribution is 7.89. The molecule has 2 bridgehead atoms. The number of allylic oxidation sites excluding steroid dienone is 1. The van der Waals surface area contributed by atoms with Gasteiger partial charge >= 0.3 is 5.97 Å². The minimum Gasteiger partial charge on any atom is -0.461 e. The molecule has 0 aromatic heterocycles. The standard InChI is InChI=1S/C48H69NO7S/c1-32(2)33(3)44(6)25-26-46(8)36-21-22-39-45(7)30-54-31-48(39,37(36)23-24-47(46,9)40(44)42(50)55-28-34-17-13-11-14-18-34)27-38(53-10)41(45)56-29-43(4,5)49-57(51,52)35-19-15-12-16-20-35/h11-20,23,32-33,36,38-41,49H,21-22,24-31H2,1-10H3/t33-,36+,38-,39+,40-,41+,44-,45-,46-,47+,48+/m1/s1. The molecule has 0 spiro atoms. The van der Waals surface area contributed by atoms with Gasteiger partial charge in [-0.15, -0.1) is 0 Å². The first-order valence-corrected chi connectivity index (χ1v) is 23.0. The number of fused-ring (bicyclic) bond motifs is 3. The second-order valence-electron chi connectivity index (χ2n) is 20.6. The van der Waals surface area contributed by atoms with Crippen molar-refractivity contribution in [1.29, 1.82) is 0 Å². The van der Waals surface area contributed by atoms with Crippen LogP contribution in [0.1, 0.15) is 106 Å².